The molecule has 1 aromatic heterocycles. The van der Waals surface area contributed by atoms with Crippen molar-refractivity contribution in [1.82, 2.24) is 14.9 Å². The van der Waals surface area contributed by atoms with Crippen LogP contribution in [0.3, 0.4) is 0 Å². The summed E-state index contributed by atoms with van der Waals surface area (Å²) < 4.78 is 24.2. The first-order valence-electron chi connectivity index (χ1n) is 5.83. The van der Waals surface area contributed by atoms with Crippen LogP contribution >= 0.6 is 0 Å². The topological polar surface area (TPSA) is 107 Å². The maximum absolute atomic E-state index is 11.9. The van der Waals surface area contributed by atoms with E-state index >= 15 is 0 Å². The zero-order valence-corrected chi connectivity index (χ0v) is 11.4. The summed E-state index contributed by atoms with van der Waals surface area (Å²) in [5.74, 6) is -0.351. The normalized spacial score (nSPS) is 11.2. The van der Waals surface area contributed by atoms with Gasteiger partial charge in [0.2, 0.25) is 10.0 Å². The molecular weight excluding hydrogens is 280 g/mol. The lowest BCUT2D eigenvalue weighted by Crippen LogP contribution is -2.27. The maximum atomic E-state index is 11.9. The van der Waals surface area contributed by atoms with Gasteiger partial charge in [-0.3, -0.25) is 4.79 Å². The smallest absolute Gasteiger partial charge is 0.251 e. The van der Waals surface area contributed by atoms with Crippen molar-refractivity contribution in [3.05, 3.63) is 48.5 Å². The number of amides is 1. The highest BCUT2D eigenvalue weighted by molar-refractivity contribution is 7.89. The first kappa shape index (κ1) is 14.2. The van der Waals surface area contributed by atoms with Gasteiger partial charge in [-0.05, 0) is 18.2 Å². The van der Waals surface area contributed by atoms with Crippen molar-refractivity contribution in [2.75, 3.05) is 6.54 Å². The molecule has 0 saturated carbocycles. The molecule has 0 spiro atoms. The van der Waals surface area contributed by atoms with Crippen LogP contribution in [-0.2, 0) is 16.6 Å². The van der Waals surface area contributed by atoms with Gasteiger partial charge >= 0.3 is 0 Å². The highest BCUT2D eigenvalue weighted by Crippen LogP contribution is 2.09. The van der Waals surface area contributed by atoms with Crippen LogP contribution in [0.1, 0.15) is 10.4 Å². The number of hydrogen-bond acceptors (Lipinski definition) is 4. The monoisotopic (exact) mass is 294 g/mol. The molecule has 106 valence electrons. The lowest BCUT2D eigenvalue weighted by Gasteiger charge is -2.06. The van der Waals surface area contributed by atoms with Crippen molar-refractivity contribution >= 4 is 15.9 Å². The van der Waals surface area contributed by atoms with Crippen LogP contribution in [0.4, 0.5) is 0 Å². The van der Waals surface area contributed by atoms with Crippen molar-refractivity contribution in [3.63, 3.8) is 0 Å². The molecule has 0 radical (unpaired) electrons. The van der Waals surface area contributed by atoms with E-state index < -0.39 is 10.0 Å². The van der Waals surface area contributed by atoms with Gasteiger partial charge in [-0.2, -0.15) is 0 Å². The predicted molar refractivity (Wildman–Crippen MR) is 72.4 cm³/mol. The fourth-order valence-electron chi connectivity index (χ4n) is 1.63. The van der Waals surface area contributed by atoms with Crippen LogP contribution in [0.25, 0.3) is 0 Å². The molecule has 0 aliphatic carbocycles. The molecule has 0 aliphatic rings. The number of nitrogens with two attached hydrogens (primary N) is 1. The van der Waals surface area contributed by atoms with Crippen molar-refractivity contribution in [1.29, 1.82) is 0 Å². The van der Waals surface area contributed by atoms with Gasteiger partial charge < -0.3 is 9.88 Å². The van der Waals surface area contributed by atoms with E-state index in [0.717, 1.165) is 0 Å². The summed E-state index contributed by atoms with van der Waals surface area (Å²) in [5, 5.41) is 7.71. The first-order valence-corrected chi connectivity index (χ1v) is 7.38. The van der Waals surface area contributed by atoms with Crippen molar-refractivity contribution < 1.29 is 13.2 Å². The molecule has 1 aromatic carbocycles. The average molecular weight is 294 g/mol. The molecule has 8 heteroatoms. The number of imidazole rings is 1. The molecule has 7 nitrogen and oxygen atoms in total. The molecule has 3 N–H and O–H groups in total. The molecule has 1 heterocycles. The van der Waals surface area contributed by atoms with Gasteiger partial charge in [0.25, 0.3) is 5.91 Å². The molecule has 0 saturated heterocycles. The fourth-order valence-corrected chi connectivity index (χ4v) is 2.19. The molecule has 1 amide bonds. The standard InChI is InChI=1S/C12H14N4O3S/c13-20(18,19)11-3-1-2-10(8-11)12(17)15-5-7-16-6-4-14-9-16/h1-4,6,8-9H,5,7H2,(H,15,17)(H2,13,18,19). The van der Waals surface area contributed by atoms with Gasteiger partial charge in [0, 0.05) is 31.0 Å². The van der Waals surface area contributed by atoms with E-state index in [4.69, 9.17) is 5.14 Å². The Labute approximate surface area is 116 Å². The Hall–Kier alpha value is -2.19. The Bertz CT molecular complexity index is 695. The van der Waals surface area contributed by atoms with Gasteiger partial charge in [-0.1, -0.05) is 6.07 Å². The van der Waals surface area contributed by atoms with Crippen LogP contribution in [0.2, 0.25) is 0 Å². The average Bonchev–Trinajstić information content (AvgIpc) is 2.91. The lowest BCUT2D eigenvalue weighted by molar-refractivity contribution is 0.0952. The van der Waals surface area contributed by atoms with Gasteiger partial charge in [0.05, 0.1) is 11.2 Å². The minimum Gasteiger partial charge on any atom is -0.350 e. The zero-order chi connectivity index (χ0) is 14.6. The summed E-state index contributed by atoms with van der Waals surface area (Å²) in [7, 11) is -3.81. The largest absolute Gasteiger partial charge is 0.350 e. The summed E-state index contributed by atoms with van der Waals surface area (Å²) in [6, 6.07) is 5.60. The van der Waals surface area contributed by atoms with E-state index in [1.165, 1.54) is 24.3 Å². The number of aromatic nitrogens is 2. The van der Waals surface area contributed by atoms with Gasteiger partial charge in [0.1, 0.15) is 0 Å². The van der Waals surface area contributed by atoms with E-state index in [9.17, 15) is 13.2 Å². The van der Waals surface area contributed by atoms with E-state index in [0.29, 0.717) is 13.1 Å². The van der Waals surface area contributed by atoms with Crippen LogP contribution in [0.5, 0.6) is 0 Å². The Kier molecular flexibility index (Phi) is 4.16. The number of benzene rings is 1. The summed E-state index contributed by atoms with van der Waals surface area (Å²) in [6.45, 7) is 0.995. The third-order valence-electron chi connectivity index (χ3n) is 2.64. The second kappa shape index (κ2) is 5.85. The Balaban J connectivity index is 1.99. The van der Waals surface area contributed by atoms with Crippen molar-refractivity contribution in [2.24, 2.45) is 5.14 Å². The summed E-state index contributed by atoms with van der Waals surface area (Å²) in [4.78, 5) is 15.7. The maximum Gasteiger partial charge on any atom is 0.251 e. The molecule has 0 atom stereocenters. The third kappa shape index (κ3) is 3.65. The minimum absolute atomic E-state index is 0.0836. The molecule has 20 heavy (non-hydrogen) atoms. The third-order valence-corrected chi connectivity index (χ3v) is 3.55. The summed E-state index contributed by atoms with van der Waals surface area (Å²) in [6.07, 6.45) is 5.08. The number of rotatable bonds is 5. The Morgan fingerprint density at radius 2 is 2.20 bits per heavy atom. The van der Waals surface area contributed by atoms with E-state index in [-0.39, 0.29) is 16.4 Å². The number of nitrogens with one attached hydrogen (secondary N) is 1. The molecular formula is C12H14N4O3S. The zero-order valence-electron chi connectivity index (χ0n) is 10.6. The van der Waals surface area contributed by atoms with E-state index in [1.54, 1.807) is 18.7 Å². The predicted octanol–water partition coefficient (Wildman–Crippen LogP) is -0.0395. The lowest BCUT2D eigenvalue weighted by atomic mass is 10.2. The summed E-state index contributed by atoms with van der Waals surface area (Å²) >= 11 is 0. The van der Waals surface area contributed by atoms with E-state index in [1.807, 2.05) is 4.57 Å². The SMILES string of the molecule is NS(=O)(=O)c1cccc(C(=O)NCCn2ccnc2)c1. The molecule has 0 fully saturated rings. The second-order valence-electron chi connectivity index (χ2n) is 4.13. The van der Waals surface area contributed by atoms with Crippen LogP contribution in [-0.4, -0.2) is 30.4 Å². The number of carbonyl (C=O) groups excluding carboxylic acids is 1. The van der Waals surface area contributed by atoms with Gasteiger partial charge in [-0.25, -0.2) is 18.5 Å². The Morgan fingerprint density at radius 3 is 2.85 bits per heavy atom. The molecule has 2 aromatic rings. The quantitative estimate of drug-likeness (QED) is 0.806. The number of primary sulfonamides is 1. The molecule has 0 bridgehead atoms. The summed E-state index contributed by atoms with van der Waals surface area (Å²) in [5.41, 5.74) is 0.252. The second-order valence-corrected chi connectivity index (χ2v) is 5.69. The number of carbonyl (C=O) groups is 1. The highest BCUT2D eigenvalue weighted by Gasteiger charge is 2.11. The number of sulfonamides is 1. The number of nitrogens with zero attached hydrogens (tertiary/aromatic N) is 2. The molecule has 0 unspecified atom stereocenters. The highest BCUT2D eigenvalue weighted by atomic mass is 32.2. The van der Waals surface area contributed by atoms with Gasteiger partial charge in [-0.15, -0.1) is 0 Å². The molecule has 0 aliphatic heterocycles. The first-order chi connectivity index (χ1) is 9.47. The molecule has 2 rings (SSSR count). The van der Waals surface area contributed by atoms with Crippen LogP contribution < -0.4 is 10.5 Å². The Morgan fingerprint density at radius 1 is 1.40 bits per heavy atom. The van der Waals surface area contributed by atoms with E-state index in [2.05, 4.69) is 10.3 Å². The van der Waals surface area contributed by atoms with Gasteiger partial charge in [0.15, 0.2) is 0 Å². The minimum atomic E-state index is -3.81. The van der Waals surface area contributed by atoms with Crippen molar-refractivity contribution in [3.8, 4) is 0 Å². The fraction of sp³-hybridized carbons (Fsp3) is 0.167. The number of hydrogen-bond donors (Lipinski definition) is 2. The van der Waals surface area contributed by atoms with Crippen LogP contribution in [0, 0.1) is 0 Å². The van der Waals surface area contributed by atoms with Crippen molar-refractivity contribution in [2.45, 2.75) is 11.4 Å². The van der Waals surface area contributed by atoms with Crippen LogP contribution in [0.15, 0.2) is 47.9 Å².